The van der Waals surface area contributed by atoms with Gasteiger partial charge in [0.2, 0.25) is 10.0 Å². The largest absolute Gasteiger partial charge is 0.469 e. The third-order valence-corrected chi connectivity index (χ3v) is 8.65. The number of sulfonamides is 1. The molecule has 1 heterocycles. The Morgan fingerprint density at radius 3 is 2.89 bits per heavy atom. The van der Waals surface area contributed by atoms with E-state index >= 15 is 0 Å². The molecule has 2 atom stereocenters. The van der Waals surface area contributed by atoms with Crippen LogP contribution in [0.4, 0.5) is 0 Å². The number of allylic oxidation sites excluding steroid dienone is 2. The van der Waals surface area contributed by atoms with Crippen LogP contribution in [0.25, 0.3) is 16.0 Å². The maximum Gasteiger partial charge on any atom is 0.306 e. The van der Waals surface area contributed by atoms with Crippen LogP contribution in [0.15, 0.2) is 42.1 Å². The number of thiazole rings is 1. The quantitative estimate of drug-likeness (QED) is 0.483. The molecule has 10 heteroatoms. The van der Waals surface area contributed by atoms with Crippen molar-refractivity contribution in [2.24, 2.45) is 0 Å². The summed E-state index contributed by atoms with van der Waals surface area (Å²) in [4.78, 5) is 17.0. The molecule has 36 heavy (non-hydrogen) atoms. The first-order chi connectivity index (χ1) is 17.2. The Bertz CT molecular complexity index is 1350. The number of methoxy groups -OCH3 is 1. The molecule has 0 aliphatic heterocycles. The minimum Gasteiger partial charge on any atom is -0.469 e. The summed E-state index contributed by atoms with van der Waals surface area (Å²) < 4.78 is 38.2. The second kappa shape index (κ2) is 11.0. The van der Waals surface area contributed by atoms with E-state index in [-0.39, 0.29) is 30.4 Å². The summed E-state index contributed by atoms with van der Waals surface area (Å²) in [5.74, 6) is -0.858. The van der Waals surface area contributed by atoms with E-state index in [1.165, 1.54) is 7.11 Å². The first-order valence-electron chi connectivity index (χ1n) is 11.8. The zero-order valence-corrected chi connectivity index (χ0v) is 22.1. The number of fused-ring (bicyclic) bond motifs is 1. The van der Waals surface area contributed by atoms with Gasteiger partial charge < -0.3 is 9.47 Å². The predicted octanol–water partition coefficient (Wildman–Crippen LogP) is 4.31. The van der Waals surface area contributed by atoms with Crippen LogP contribution in [0.5, 0.6) is 0 Å². The van der Waals surface area contributed by atoms with Gasteiger partial charge in [-0.1, -0.05) is 24.3 Å². The van der Waals surface area contributed by atoms with Gasteiger partial charge in [0.25, 0.3) is 0 Å². The number of hydrogen-bond donors (Lipinski definition) is 1. The Balaban J connectivity index is 1.53. The number of nitrogens with zero attached hydrogens (tertiary/aromatic N) is 2. The number of aromatic nitrogens is 1. The summed E-state index contributed by atoms with van der Waals surface area (Å²) in [6.45, 7) is 3.91. The fourth-order valence-electron chi connectivity index (χ4n) is 4.53. The number of esters is 1. The molecule has 0 saturated carbocycles. The molecule has 2 aliphatic rings. The number of hydrogen-bond acceptors (Lipinski definition) is 8. The van der Waals surface area contributed by atoms with E-state index in [9.17, 15) is 18.5 Å². The molecule has 8 nitrogen and oxygen atoms in total. The molecule has 0 spiro atoms. The van der Waals surface area contributed by atoms with Crippen molar-refractivity contribution in [1.82, 2.24) is 9.71 Å². The smallest absolute Gasteiger partial charge is 0.306 e. The van der Waals surface area contributed by atoms with Crippen molar-refractivity contribution in [3.8, 4) is 16.5 Å². The molecule has 2 aromatic rings. The second-order valence-corrected chi connectivity index (χ2v) is 11.9. The van der Waals surface area contributed by atoms with Crippen molar-refractivity contribution < 1.29 is 22.7 Å². The molecule has 0 amide bonds. The lowest BCUT2D eigenvalue weighted by molar-refractivity contribution is -0.140. The average molecular weight is 528 g/mol. The van der Waals surface area contributed by atoms with Crippen LogP contribution in [0.1, 0.15) is 55.3 Å². The molecule has 190 valence electrons. The molecule has 0 fully saturated rings. The molecule has 1 aromatic carbocycles. The fourth-order valence-corrected chi connectivity index (χ4v) is 6.74. The Morgan fingerprint density at radius 1 is 1.36 bits per heavy atom. The first kappa shape index (κ1) is 26.2. The maximum absolute atomic E-state index is 12.5. The van der Waals surface area contributed by atoms with Gasteiger partial charge in [-0.3, -0.25) is 4.79 Å². The van der Waals surface area contributed by atoms with Gasteiger partial charge in [-0.25, -0.2) is 18.1 Å². The van der Waals surface area contributed by atoms with Gasteiger partial charge in [0.1, 0.15) is 5.01 Å². The molecule has 2 unspecified atom stereocenters. The van der Waals surface area contributed by atoms with Crippen molar-refractivity contribution in [2.45, 2.75) is 57.8 Å². The minimum absolute atomic E-state index is 0.0366. The highest BCUT2D eigenvalue weighted by Crippen LogP contribution is 2.41. The third kappa shape index (κ3) is 5.93. The van der Waals surface area contributed by atoms with E-state index < -0.39 is 16.0 Å². The Morgan fingerprint density at radius 2 is 2.17 bits per heavy atom. The van der Waals surface area contributed by atoms with Gasteiger partial charge in [-0.2, -0.15) is 5.26 Å². The summed E-state index contributed by atoms with van der Waals surface area (Å²) in [6, 6.07) is 7.83. The standard InChI is InChI=1S/C26H29N3O5S2/c1-16(2)34-23-10-7-17(13-18(23)14-27)26-28-15-24(35-26)21-6-4-5-20-19(21)8-9-22(20)29-36(31,32)12-11-25(30)33-3/h4-7,13,15-16,22-23,29H,8-12H2,1-3H3. The van der Waals surface area contributed by atoms with Crippen molar-refractivity contribution in [3.05, 3.63) is 58.3 Å². The van der Waals surface area contributed by atoms with Gasteiger partial charge in [-0.05, 0) is 55.9 Å². The molecule has 0 bridgehead atoms. The fraction of sp³-hybridized carbons (Fsp3) is 0.423. The Kier molecular flexibility index (Phi) is 8.05. The summed E-state index contributed by atoms with van der Waals surface area (Å²) in [7, 11) is -2.39. The molecule has 1 aromatic heterocycles. The average Bonchev–Trinajstić information content (AvgIpc) is 3.50. The van der Waals surface area contributed by atoms with Crippen LogP contribution >= 0.6 is 11.3 Å². The van der Waals surface area contributed by atoms with Gasteiger partial charge in [0.05, 0.1) is 48.0 Å². The number of carbonyl (C=O) groups excluding carboxylic acids is 1. The van der Waals surface area contributed by atoms with E-state index in [2.05, 4.69) is 26.6 Å². The lowest BCUT2D eigenvalue weighted by atomic mass is 9.97. The number of benzene rings is 1. The molecule has 0 saturated heterocycles. The number of rotatable bonds is 9. The Hall–Kier alpha value is -2.84. The van der Waals surface area contributed by atoms with Gasteiger partial charge in [0, 0.05) is 17.8 Å². The van der Waals surface area contributed by atoms with Crippen LogP contribution < -0.4 is 4.72 Å². The van der Waals surface area contributed by atoms with Crippen LogP contribution in [-0.4, -0.2) is 44.4 Å². The van der Waals surface area contributed by atoms with Crippen LogP contribution in [0, 0.1) is 11.3 Å². The summed E-state index contributed by atoms with van der Waals surface area (Å²) in [5, 5.41) is 10.4. The lowest BCUT2D eigenvalue weighted by Gasteiger charge is -2.21. The molecule has 2 aliphatic carbocycles. The molecule has 4 rings (SSSR count). The number of nitriles is 1. The van der Waals surface area contributed by atoms with Gasteiger partial charge in [0.15, 0.2) is 0 Å². The Labute approximate surface area is 215 Å². The normalized spacial score (nSPS) is 19.4. The topological polar surface area (TPSA) is 118 Å². The lowest BCUT2D eigenvalue weighted by Crippen LogP contribution is -2.30. The van der Waals surface area contributed by atoms with Gasteiger partial charge >= 0.3 is 5.97 Å². The number of nitrogens with one attached hydrogen (secondary N) is 1. The van der Waals surface area contributed by atoms with E-state index in [1.54, 1.807) is 11.3 Å². The summed E-state index contributed by atoms with van der Waals surface area (Å²) in [5.41, 5.74) is 4.59. The third-order valence-electron chi connectivity index (χ3n) is 6.19. The van der Waals surface area contributed by atoms with Crippen LogP contribution in [0.2, 0.25) is 0 Å². The highest BCUT2D eigenvalue weighted by molar-refractivity contribution is 7.89. The molecular weight excluding hydrogens is 498 g/mol. The van der Waals surface area contributed by atoms with Gasteiger partial charge in [-0.15, -0.1) is 11.3 Å². The zero-order valence-electron chi connectivity index (χ0n) is 20.5. The van der Waals surface area contributed by atoms with Crippen LogP contribution in [0.3, 0.4) is 0 Å². The molecule has 1 N–H and O–H groups in total. The molecule has 0 radical (unpaired) electrons. The van der Waals surface area contributed by atoms with E-state index in [4.69, 9.17) is 4.74 Å². The SMILES string of the molecule is COC(=O)CCS(=O)(=O)NC1CCc2c(-c3cnc(C4=CCC(OC(C)C)C(C#N)=C4)s3)cccc21. The van der Waals surface area contributed by atoms with E-state index in [1.807, 2.05) is 44.3 Å². The highest BCUT2D eigenvalue weighted by atomic mass is 32.2. The predicted molar refractivity (Wildman–Crippen MR) is 138 cm³/mol. The zero-order chi connectivity index (χ0) is 25.9. The van der Waals surface area contributed by atoms with Crippen molar-refractivity contribution in [2.75, 3.05) is 12.9 Å². The summed E-state index contributed by atoms with van der Waals surface area (Å²) >= 11 is 1.55. The number of carbonyl (C=O) groups is 1. The summed E-state index contributed by atoms with van der Waals surface area (Å²) in [6.07, 6.45) is 7.38. The van der Waals surface area contributed by atoms with E-state index in [0.717, 1.165) is 38.6 Å². The highest BCUT2D eigenvalue weighted by Gasteiger charge is 2.29. The first-order valence-corrected chi connectivity index (χ1v) is 14.3. The maximum atomic E-state index is 12.5. The molecular formula is C26H29N3O5S2. The second-order valence-electron chi connectivity index (χ2n) is 9.04. The monoisotopic (exact) mass is 527 g/mol. The van der Waals surface area contributed by atoms with Crippen LogP contribution in [-0.2, 0) is 30.7 Å². The van der Waals surface area contributed by atoms with Crippen molar-refractivity contribution >= 4 is 32.9 Å². The van der Waals surface area contributed by atoms with Crippen molar-refractivity contribution in [1.29, 1.82) is 5.26 Å². The minimum atomic E-state index is -3.63. The number of ether oxygens (including phenoxy) is 2. The van der Waals surface area contributed by atoms with Crippen molar-refractivity contribution in [3.63, 3.8) is 0 Å². The van der Waals surface area contributed by atoms with E-state index in [0.29, 0.717) is 18.4 Å².